The highest BCUT2D eigenvalue weighted by molar-refractivity contribution is 5.63. The fraction of sp³-hybridized carbons (Fsp3) is 0.222. The molecule has 0 saturated heterocycles. The van der Waals surface area contributed by atoms with Gasteiger partial charge in [-0.25, -0.2) is 0 Å². The molecule has 2 heteroatoms. The van der Waals surface area contributed by atoms with E-state index in [1.807, 2.05) is 19.2 Å². The van der Waals surface area contributed by atoms with Gasteiger partial charge in [-0.3, -0.25) is 4.98 Å². The van der Waals surface area contributed by atoms with Crippen LogP contribution in [0.3, 0.4) is 0 Å². The summed E-state index contributed by atoms with van der Waals surface area (Å²) in [7, 11) is 1.91. The van der Waals surface area contributed by atoms with Crippen LogP contribution in [0.25, 0.3) is 5.57 Å². The topological polar surface area (TPSA) is 24.9 Å². The Labute approximate surface area is 67.0 Å². The van der Waals surface area contributed by atoms with Gasteiger partial charge in [-0.15, -0.1) is 0 Å². The fourth-order valence-electron chi connectivity index (χ4n) is 0.903. The van der Waals surface area contributed by atoms with Crippen molar-refractivity contribution in [2.24, 2.45) is 0 Å². The Kier molecular flexibility index (Phi) is 2.81. The van der Waals surface area contributed by atoms with E-state index < -0.39 is 0 Å². The molecule has 0 amide bonds. The van der Waals surface area contributed by atoms with E-state index in [1.165, 1.54) is 0 Å². The number of nitrogens with zero attached hydrogens (tertiary/aromatic N) is 1. The number of aromatic nitrogens is 1. The quantitative estimate of drug-likeness (QED) is 0.699. The number of hydrogen-bond donors (Lipinski definition) is 1. The molecule has 0 aliphatic heterocycles. The summed E-state index contributed by atoms with van der Waals surface area (Å²) < 4.78 is 0. The molecule has 0 atom stereocenters. The molecule has 0 aromatic carbocycles. The molecular weight excluding hydrogens is 136 g/mol. The molecule has 1 aromatic rings. The van der Waals surface area contributed by atoms with E-state index >= 15 is 0 Å². The molecule has 58 valence electrons. The van der Waals surface area contributed by atoms with Gasteiger partial charge in [-0.1, -0.05) is 6.58 Å². The minimum Gasteiger partial charge on any atom is -0.316 e. The molecule has 0 unspecified atom stereocenters. The summed E-state index contributed by atoms with van der Waals surface area (Å²) in [5, 5.41) is 3.05. The largest absolute Gasteiger partial charge is 0.316 e. The summed E-state index contributed by atoms with van der Waals surface area (Å²) in [6.45, 7) is 4.75. The molecule has 0 aliphatic rings. The molecule has 1 heterocycles. The van der Waals surface area contributed by atoms with Crippen LogP contribution in [-0.4, -0.2) is 18.6 Å². The molecular formula is C9H12N2. The van der Waals surface area contributed by atoms with Crippen molar-refractivity contribution < 1.29 is 0 Å². The van der Waals surface area contributed by atoms with Crippen molar-refractivity contribution in [3.8, 4) is 0 Å². The van der Waals surface area contributed by atoms with Gasteiger partial charge in [-0.2, -0.15) is 0 Å². The van der Waals surface area contributed by atoms with Crippen molar-refractivity contribution in [2.45, 2.75) is 0 Å². The lowest BCUT2D eigenvalue weighted by Gasteiger charge is -2.02. The molecule has 0 radical (unpaired) electrons. The maximum atomic E-state index is 3.93. The Morgan fingerprint density at radius 3 is 2.73 bits per heavy atom. The Morgan fingerprint density at radius 2 is 2.18 bits per heavy atom. The summed E-state index contributed by atoms with van der Waals surface area (Å²) in [6, 6.07) is 3.92. The first-order chi connectivity index (χ1) is 5.34. The first-order valence-corrected chi connectivity index (χ1v) is 3.57. The number of pyridine rings is 1. The second kappa shape index (κ2) is 3.88. The summed E-state index contributed by atoms with van der Waals surface area (Å²) >= 11 is 0. The number of hydrogen-bond acceptors (Lipinski definition) is 2. The normalized spacial score (nSPS) is 9.55. The third-order valence-electron chi connectivity index (χ3n) is 1.48. The van der Waals surface area contributed by atoms with Crippen LogP contribution < -0.4 is 5.32 Å². The Bertz CT molecular complexity index is 229. The van der Waals surface area contributed by atoms with E-state index in [0.29, 0.717) is 0 Å². The van der Waals surface area contributed by atoms with Crippen molar-refractivity contribution in [2.75, 3.05) is 13.6 Å². The molecule has 1 aromatic heterocycles. The lowest BCUT2D eigenvalue weighted by atomic mass is 10.1. The first kappa shape index (κ1) is 7.95. The third-order valence-corrected chi connectivity index (χ3v) is 1.48. The van der Waals surface area contributed by atoms with Gasteiger partial charge in [0.25, 0.3) is 0 Å². The molecule has 1 rings (SSSR count). The minimum absolute atomic E-state index is 0.823. The van der Waals surface area contributed by atoms with E-state index in [2.05, 4.69) is 16.9 Å². The predicted octanol–water partition coefficient (Wildman–Crippen LogP) is 1.31. The smallest absolute Gasteiger partial charge is 0.0273 e. The molecule has 0 saturated carbocycles. The minimum atomic E-state index is 0.823. The van der Waals surface area contributed by atoms with E-state index in [-0.39, 0.29) is 0 Å². The van der Waals surface area contributed by atoms with E-state index in [1.54, 1.807) is 12.4 Å². The second-order valence-corrected chi connectivity index (χ2v) is 2.37. The molecule has 0 aliphatic carbocycles. The third kappa shape index (κ3) is 2.16. The van der Waals surface area contributed by atoms with Gasteiger partial charge in [0.2, 0.25) is 0 Å². The number of nitrogens with one attached hydrogen (secondary N) is 1. The van der Waals surface area contributed by atoms with Gasteiger partial charge in [0, 0.05) is 18.9 Å². The molecule has 0 bridgehead atoms. The highest BCUT2D eigenvalue weighted by Gasteiger charge is 1.94. The lowest BCUT2D eigenvalue weighted by Crippen LogP contribution is -2.08. The summed E-state index contributed by atoms with van der Waals surface area (Å²) in [5.41, 5.74) is 2.24. The summed E-state index contributed by atoms with van der Waals surface area (Å²) in [6.07, 6.45) is 3.55. The van der Waals surface area contributed by atoms with Crippen LogP contribution in [0.1, 0.15) is 5.56 Å². The zero-order chi connectivity index (χ0) is 8.10. The van der Waals surface area contributed by atoms with Gasteiger partial charge < -0.3 is 5.32 Å². The molecule has 11 heavy (non-hydrogen) atoms. The Hall–Kier alpha value is -1.15. The van der Waals surface area contributed by atoms with Crippen LogP contribution >= 0.6 is 0 Å². The van der Waals surface area contributed by atoms with Crippen molar-refractivity contribution in [1.29, 1.82) is 0 Å². The molecule has 0 fully saturated rings. The van der Waals surface area contributed by atoms with Crippen LogP contribution in [0.15, 0.2) is 31.1 Å². The van der Waals surface area contributed by atoms with Crippen molar-refractivity contribution in [3.63, 3.8) is 0 Å². The van der Waals surface area contributed by atoms with Crippen LogP contribution in [0.4, 0.5) is 0 Å². The van der Waals surface area contributed by atoms with E-state index in [4.69, 9.17) is 0 Å². The lowest BCUT2D eigenvalue weighted by molar-refractivity contribution is 0.932. The monoisotopic (exact) mass is 148 g/mol. The highest BCUT2D eigenvalue weighted by Crippen LogP contribution is 2.08. The maximum absolute atomic E-state index is 3.93. The average Bonchev–Trinajstić information content (AvgIpc) is 2.07. The van der Waals surface area contributed by atoms with Gasteiger partial charge in [0.1, 0.15) is 0 Å². The van der Waals surface area contributed by atoms with Crippen molar-refractivity contribution in [1.82, 2.24) is 10.3 Å². The maximum Gasteiger partial charge on any atom is 0.0273 e. The van der Waals surface area contributed by atoms with Gasteiger partial charge in [-0.05, 0) is 30.3 Å². The summed E-state index contributed by atoms with van der Waals surface area (Å²) in [5.74, 6) is 0. The van der Waals surface area contributed by atoms with Gasteiger partial charge in [0.05, 0.1) is 0 Å². The SMILES string of the molecule is C=C(CNC)c1ccncc1. The Morgan fingerprint density at radius 1 is 1.55 bits per heavy atom. The fourth-order valence-corrected chi connectivity index (χ4v) is 0.903. The van der Waals surface area contributed by atoms with Crippen molar-refractivity contribution >= 4 is 5.57 Å². The van der Waals surface area contributed by atoms with Crippen LogP contribution in [0.5, 0.6) is 0 Å². The second-order valence-electron chi connectivity index (χ2n) is 2.37. The van der Waals surface area contributed by atoms with Gasteiger partial charge in [0.15, 0.2) is 0 Å². The molecule has 0 spiro atoms. The zero-order valence-corrected chi connectivity index (χ0v) is 6.67. The highest BCUT2D eigenvalue weighted by atomic mass is 14.8. The van der Waals surface area contributed by atoms with Crippen LogP contribution in [0, 0.1) is 0 Å². The predicted molar refractivity (Wildman–Crippen MR) is 47.2 cm³/mol. The average molecular weight is 148 g/mol. The standard InChI is InChI=1S/C9H12N2/c1-8(7-10-2)9-3-5-11-6-4-9/h3-6,10H,1,7H2,2H3. The number of rotatable bonds is 3. The Balaban J connectivity index is 2.69. The number of likely N-dealkylation sites (N-methyl/N-ethyl adjacent to an activating group) is 1. The molecule has 2 nitrogen and oxygen atoms in total. The molecule has 1 N–H and O–H groups in total. The van der Waals surface area contributed by atoms with Crippen LogP contribution in [0.2, 0.25) is 0 Å². The van der Waals surface area contributed by atoms with Crippen LogP contribution in [-0.2, 0) is 0 Å². The van der Waals surface area contributed by atoms with Gasteiger partial charge >= 0.3 is 0 Å². The van der Waals surface area contributed by atoms with Crippen molar-refractivity contribution in [3.05, 3.63) is 36.7 Å². The first-order valence-electron chi connectivity index (χ1n) is 3.57. The van der Waals surface area contributed by atoms with E-state index in [9.17, 15) is 0 Å². The zero-order valence-electron chi connectivity index (χ0n) is 6.67. The van der Waals surface area contributed by atoms with E-state index in [0.717, 1.165) is 17.7 Å². The summed E-state index contributed by atoms with van der Waals surface area (Å²) in [4.78, 5) is 3.93.